The quantitative estimate of drug-likeness (QED) is 0.887. The van der Waals surface area contributed by atoms with E-state index >= 15 is 0 Å². The van der Waals surface area contributed by atoms with Gasteiger partial charge in [0.1, 0.15) is 22.7 Å². The maximum atomic E-state index is 13.3. The van der Waals surface area contributed by atoms with Gasteiger partial charge in [0.05, 0.1) is 6.20 Å². The fourth-order valence-corrected chi connectivity index (χ4v) is 2.23. The summed E-state index contributed by atoms with van der Waals surface area (Å²) in [5, 5.41) is 3.33. The number of halogens is 1. The van der Waals surface area contributed by atoms with Crippen molar-refractivity contribution >= 4 is 15.7 Å². The molecule has 0 radical (unpaired) electrons. The van der Waals surface area contributed by atoms with Gasteiger partial charge < -0.3 is 4.52 Å². The maximum absolute atomic E-state index is 13.3. The van der Waals surface area contributed by atoms with Crippen molar-refractivity contribution in [1.82, 2.24) is 5.16 Å². The monoisotopic (exact) mass is 242 g/mol. The molecule has 0 bridgehead atoms. The lowest BCUT2D eigenvalue weighted by atomic mass is 10.4. The molecule has 7 heteroatoms. The van der Waals surface area contributed by atoms with E-state index in [0.29, 0.717) is 0 Å². The van der Waals surface area contributed by atoms with Gasteiger partial charge >= 0.3 is 0 Å². The molecule has 0 aliphatic heterocycles. The number of anilines is 1. The zero-order chi connectivity index (χ0) is 11.6. The highest BCUT2D eigenvalue weighted by Crippen LogP contribution is 2.17. The van der Waals surface area contributed by atoms with E-state index in [1.807, 2.05) is 0 Å². The van der Waals surface area contributed by atoms with Crippen molar-refractivity contribution < 1.29 is 17.3 Å². The zero-order valence-corrected chi connectivity index (χ0v) is 8.74. The molecule has 0 aliphatic rings. The van der Waals surface area contributed by atoms with Crippen LogP contribution in [0.2, 0.25) is 0 Å². The second-order valence-corrected chi connectivity index (χ2v) is 4.60. The van der Waals surface area contributed by atoms with Gasteiger partial charge in [-0.3, -0.25) is 4.72 Å². The first kappa shape index (κ1) is 10.6. The van der Waals surface area contributed by atoms with E-state index in [1.54, 1.807) is 0 Å². The minimum absolute atomic E-state index is 0.142. The van der Waals surface area contributed by atoms with Crippen molar-refractivity contribution in [2.24, 2.45) is 0 Å². The van der Waals surface area contributed by atoms with Crippen molar-refractivity contribution in [1.29, 1.82) is 0 Å². The standard InChI is InChI=1S/C9H7FN2O3S/c10-8-3-1-2-4-9(8)16(13,14)12-7-5-11-15-6-7/h1-6,12H. The lowest BCUT2D eigenvalue weighted by molar-refractivity contribution is 0.420. The number of hydrogen-bond donors (Lipinski definition) is 1. The van der Waals surface area contributed by atoms with E-state index in [2.05, 4.69) is 14.4 Å². The van der Waals surface area contributed by atoms with Gasteiger partial charge in [0.2, 0.25) is 0 Å². The van der Waals surface area contributed by atoms with Crippen LogP contribution in [0.25, 0.3) is 0 Å². The number of sulfonamides is 1. The SMILES string of the molecule is O=S(=O)(Nc1cnoc1)c1ccccc1F. The van der Waals surface area contributed by atoms with Crippen molar-refractivity contribution in [2.45, 2.75) is 4.90 Å². The molecule has 2 rings (SSSR count). The van der Waals surface area contributed by atoms with Crippen LogP contribution >= 0.6 is 0 Å². The van der Waals surface area contributed by atoms with Gasteiger partial charge in [-0.2, -0.15) is 0 Å². The molecule has 0 amide bonds. The average molecular weight is 242 g/mol. The van der Waals surface area contributed by atoms with Crippen LogP contribution in [-0.2, 0) is 10.0 Å². The average Bonchev–Trinajstić information content (AvgIpc) is 2.70. The highest BCUT2D eigenvalue weighted by Gasteiger charge is 2.18. The first-order valence-electron chi connectivity index (χ1n) is 4.26. The number of benzene rings is 1. The molecule has 1 heterocycles. The van der Waals surface area contributed by atoms with Crippen molar-refractivity contribution in [3.05, 3.63) is 42.5 Å². The number of nitrogens with zero attached hydrogens (tertiary/aromatic N) is 1. The van der Waals surface area contributed by atoms with Gasteiger partial charge in [-0.1, -0.05) is 17.3 Å². The summed E-state index contributed by atoms with van der Waals surface area (Å²) in [5.74, 6) is -0.813. The van der Waals surface area contributed by atoms with Crippen molar-refractivity contribution in [3.8, 4) is 0 Å². The van der Waals surface area contributed by atoms with Crippen molar-refractivity contribution in [3.63, 3.8) is 0 Å². The Kier molecular flexibility index (Phi) is 2.61. The highest BCUT2D eigenvalue weighted by atomic mass is 32.2. The Hall–Kier alpha value is -1.89. The van der Waals surface area contributed by atoms with Gasteiger partial charge in [-0.25, -0.2) is 12.8 Å². The van der Waals surface area contributed by atoms with Gasteiger partial charge in [-0.05, 0) is 12.1 Å². The molecule has 0 saturated heterocycles. The highest BCUT2D eigenvalue weighted by molar-refractivity contribution is 7.92. The molecule has 0 saturated carbocycles. The molecule has 16 heavy (non-hydrogen) atoms. The van der Waals surface area contributed by atoms with E-state index in [-0.39, 0.29) is 5.69 Å². The first-order valence-corrected chi connectivity index (χ1v) is 5.74. The second kappa shape index (κ2) is 3.93. The molecule has 0 atom stereocenters. The third-order valence-corrected chi connectivity index (χ3v) is 3.23. The maximum Gasteiger partial charge on any atom is 0.264 e. The van der Waals surface area contributed by atoms with Gasteiger partial charge in [0.25, 0.3) is 10.0 Å². The zero-order valence-electron chi connectivity index (χ0n) is 7.92. The molecule has 1 aromatic heterocycles. The van der Waals surface area contributed by atoms with Crippen LogP contribution in [0.4, 0.5) is 10.1 Å². The number of aromatic nitrogens is 1. The van der Waals surface area contributed by atoms with E-state index in [4.69, 9.17) is 0 Å². The summed E-state index contributed by atoms with van der Waals surface area (Å²) in [4.78, 5) is -0.420. The van der Waals surface area contributed by atoms with Crippen LogP contribution in [0, 0.1) is 5.82 Å². The van der Waals surface area contributed by atoms with E-state index in [1.165, 1.54) is 24.4 Å². The summed E-state index contributed by atoms with van der Waals surface area (Å²) in [6, 6.07) is 5.09. The molecule has 0 aliphatic carbocycles. The summed E-state index contributed by atoms with van der Waals surface area (Å²) < 4.78 is 43.2. The Balaban J connectivity index is 2.37. The summed E-state index contributed by atoms with van der Waals surface area (Å²) in [6.07, 6.45) is 2.29. The van der Waals surface area contributed by atoms with E-state index < -0.39 is 20.7 Å². The van der Waals surface area contributed by atoms with Crippen LogP contribution in [-0.4, -0.2) is 13.6 Å². The van der Waals surface area contributed by atoms with Gasteiger partial charge in [0, 0.05) is 0 Å². The second-order valence-electron chi connectivity index (χ2n) is 2.95. The van der Waals surface area contributed by atoms with Crippen LogP contribution in [0.3, 0.4) is 0 Å². The molecular weight excluding hydrogens is 235 g/mol. The number of rotatable bonds is 3. The van der Waals surface area contributed by atoms with Crippen LogP contribution in [0.1, 0.15) is 0 Å². The fraction of sp³-hybridized carbons (Fsp3) is 0. The molecule has 1 N–H and O–H groups in total. The van der Waals surface area contributed by atoms with E-state index in [0.717, 1.165) is 12.3 Å². The topological polar surface area (TPSA) is 72.2 Å². The van der Waals surface area contributed by atoms with Crippen LogP contribution in [0.5, 0.6) is 0 Å². The predicted octanol–water partition coefficient (Wildman–Crippen LogP) is 1.61. The summed E-state index contributed by atoms with van der Waals surface area (Å²) in [5.41, 5.74) is 0.142. The first-order chi connectivity index (χ1) is 7.59. The Morgan fingerprint density at radius 1 is 1.31 bits per heavy atom. The normalized spacial score (nSPS) is 11.3. The molecule has 2 aromatic rings. The summed E-state index contributed by atoms with van der Waals surface area (Å²) >= 11 is 0. The molecule has 1 aromatic carbocycles. The third-order valence-electron chi connectivity index (χ3n) is 1.81. The minimum Gasteiger partial charge on any atom is -0.362 e. The smallest absolute Gasteiger partial charge is 0.264 e. The van der Waals surface area contributed by atoms with Crippen molar-refractivity contribution in [2.75, 3.05) is 4.72 Å². The Bertz CT molecular complexity index is 581. The van der Waals surface area contributed by atoms with Crippen LogP contribution in [0.15, 0.2) is 46.1 Å². The molecule has 0 unspecified atom stereocenters. The van der Waals surface area contributed by atoms with Gasteiger partial charge in [0.15, 0.2) is 0 Å². The van der Waals surface area contributed by atoms with Crippen LogP contribution < -0.4 is 4.72 Å². The largest absolute Gasteiger partial charge is 0.362 e. The molecule has 0 fully saturated rings. The summed E-state index contributed by atoms with van der Waals surface area (Å²) in [7, 11) is -3.94. The fourth-order valence-electron chi connectivity index (χ4n) is 1.13. The molecular formula is C9H7FN2O3S. The summed E-state index contributed by atoms with van der Waals surface area (Å²) in [6.45, 7) is 0. The number of nitrogens with one attached hydrogen (secondary N) is 1. The molecule has 5 nitrogen and oxygen atoms in total. The molecule has 84 valence electrons. The Morgan fingerprint density at radius 3 is 2.69 bits per heavy atom. The minimum atomic E-state index is -3.94. The Labute approximate surface area is 90.9 Å². The van der Waals surface area contributed by atoms with Gasteiger partial charge in [-0.15, -0.1) is 0 Å². The Morgan fingerprint density at radius 2 is 2.06 bits per heavy atom. The third kappa shape index (κ3) is 2.03. The lowest BCUT2D eigenvalue weighted by Crippen LogP contribution is -2.13. The molecule has 0 spiro atoms. The number of hydrogen-bond acceptors (Lipinski definition) is 4. The lowest BCUT2D eigenvalue weighted by Gasteiger charge is -2.05. The predicted molar refractivity (Wildman–Crippen MR) is 53.7 cm³/mol. The van der Waals surface area contributed by atoms with E-state index in [9.17, 15) is 12.8 Å².